The van der Waals surface area contributed by atoms with Gasteiger partial charge in [0, 0.05) is 17.5 Å². The number of rotatable bonds is 9. The van der Waals surface area contributed by atoms with Crippen molar-refractivity contribution in [2.24, 2.45) is 0 Å². The summed E-state index contributed by atoms with van der Waals surface area (Å²) in [5, 5.41) is 9.23. The number of nitrogens with one attached hydrogen (secondary N) is 1. The molecule has 0 radical (unpaired) electrons. The van der Waals surface area contributed by atoms with Crippen LogP contribution in [0.1, 0.15) is 25.7 Å². The molecule has 0 bridgehead atoms. The van der Waals surface area contributed by atoms with Crippen LogP contribution in [0.15, 0.2) is 48.5 Å². The molecule has 2 aromatic rings. The van der Waals surface area contributed by atoms with Crippen LogP contribution >= 0.6 is 11.6 Å². The molecule has 28 heavy (non-hydrogen) atoms. The second-order valence-electron chi connectivity index (χ2n) is 6.81. The van der Waals surface area contributed by atoms with Crippen molar-refractivity contribution in [2.75, 3.05) is 19.7 Å². The number of hydroxylamine groups is 1. The SMILES string of the molecule is O=C(CCCN1CCC[C@H]1COc1ccc(Oc2ccc(Cl)cc2)cc1)NO. The zero-order chi connectivity index (χ0) is 19.8. The Balaban J connectivity index is 1.44. The van der Waals surface area contributed by atoms with E-state index < -0.39 is 0 Å². The molecule has 1 amide bonds. The van der Waals surface area contributed by atoms with Crippen molar-refractivity contribution in [3.8, 4) is 17.2 Å². The van der Waals surface area contributed by atoms with Gasteiger partial charge in [0.1, 0.15) is 23.9 Å². The molecule has 0 aromatic heterocycles. The lowest BCUT2D eigenvalue weighted by molar-refractivity contribution is -0.129. The van der Waals surface area contributed by atoms with Gasteiger partial charge in [0.25, 0.3) is 0 Å². The van der Waals surface area contributed by atoms with Gasteiger partial charge in [0.2, 0.25) is 5.91 Å². The molecule has 7 heteroatoms. The smallest absolute Gasteiger partial charge is 0.243 e. The van der Waals surface area contributed by atoms with Gasteiger partial charge >= 0.3 is 0 Å². The molecule has 1 saturated heterocycles. The molecule has 2 aromatic carbocycles. The summed E-state index contributed by atoms with van der Waals surface area (Å²) < 4.78 is 11.7. The standard InChI is InChI=1S/C21H25ClN2O4/c22-16-5-7-19(8-6-16)28-20-11-9-18(10-12-20)27-15-17-3-1-13-24(17)14-2-4-21(25)23-26/h5-12,17,26H,1-4,13-15H2,(H,23,25)/t17-/m0/s1. The highest BCUT2D eigenvalue weighted by Gasteiger charge is 2.24. The van der Waals surface area contributed by atoms with E-state index in [-0.39, 0.29) is 5.91 Å². The zero-order valence-electron chi connectivity index (χ0n) is 15.6. The largest absolute Gasteiger partial charge is 0.492 e. The van der Waals surface area contributed by atoms with Crippen molar-refractivity contribution in [1.82, 2.24) is 10.4 Å². The molecule has 1 aliphatic heterocycles. The maximum Gasteiger partial charge on any atom is 0.243 e. The summed E-state index contributed by atoms with van der Waals surface area (Å²) in [6.07, 6.45) is 3.27. The molecule has 1 heterocycles. The normalized spacial score (nSPS) is 16.7. The molecule has 0 aliphatic carbocycles. The maximum atomic E-state index is 11.1. The number of amides is 1. The molecule has 1 fully saturated rings. The predicted octanol–water partition coefficient (Wildman–Crippen LogP) is 4.26. The number of hydrogen-bond acceptors (Lipinski definition) is 5. The average molecular weight is 405 g/mol. The lowest BCUT2D eigenvalue weighted by Gasteiger charge is -2.24. The summed E-state index contributed by atoms with van der Waals surface area (Å²) in [6.45, 7) is 2.46. The highest BCUT2D eigenvalue weighted by Crippen LogP contribution is 2.26. The molecular weight excluding hydrogens is 380 g/mol. The van der Waals surface area contributed by atoms with Crippen LogP contribution in [0.25, 0.3) is 0 Å². The molecule has 0 saturated carbocycles. The van der Waals surface area contributed by atoms with E-state index in [0.29, 0.717) is 24.1 Å². The Hall–Kier alpha value is -2.28. The van der Waals surface area contributed by atoms with Crippen LogP contribution in [0.5, 0.6) is 17.2 Å². The number of benzene rings is 2. The second-order valence-corrected chi connectivity index (χ2v) is 7.25. The van der Waals surface area contributed by atoms with E-state index in [1.165, 1.54) is 0 Å². The van der Waals surface area contributed by atoms with Crippen LogP contribution in [0.2, 0.25) is 5.02 Å². The van der Waals surface area contributed by atoms with E-state index in [2.05, 4.69) is 4.90 Å². The average Bonchev–Trinajstić information content (AvgIpc) is 3.16. The minimum absolute atomic E-state index is 0.329. The number of likely N-dealkylation sites (tertiary alicyclic amines) is 1. The third-order valence-electron chi connectivity index (χ3n) is 4.79. The Morgan fingerprint density at radius 1 is 1.11 bits per heavy atom. The fourth-order valence-electron chi connectivity index (χ4n) is 3.31. The van der Waals surface area contributed by atoms with Crippen LogP contribution < -0.4 is 15.0 Å². The van der Waals surface area contributed by atoms with Crippen LogP contribution in [-0.4, -0.2) is 41.8 Å². The topological polar surface area (TPSA) is 71.0 Å². The van der Waals surface area contributed by atoms with Gasteiger partial charge < -0.3 is 9.47 Å². The molecule has 1 aliphatic rings. The zero-order valence-corrected chi connectivity index (χ0v) is 16.4. The summed E-state index contributed by atoms with van der Waals surface area (Å²) in [4.78, 5) is 13.5. The summed E-state index contributed by atoms with van der Waals surface area (Å²) in [5.41, 5.74) is 1.67. The Kier molecular flexibility index (Phi) is 7.54. The van der Waals surface area contributed by atoms with E-state index in [1.54, 1.807) is 17.6 Å². The van der Waals surface area contributed by atoms with Crippen molar-refractivity contribution in [3.05, 3.63) is 53.6 Å². The van der Waals surface area contributed by atoms with E-state index in [9.17, 15) is 4.79 Å². The van der Waals surface area contributed by atoms with E-state index in [4.69, 9.17) is 26.3 Å². The molecule has 2 N–H and O–H groups in total. The highest BCUT2D eigenvalue weighted by molar-refractivity contribution is 6.30. The van der Waals surface area contributed by atoms with Gasteiger partial charge in [0.15, 0.2) is 0 Å². The van der Waals surface area contributed by atoms with Crippen LogP contribution in [0.3, 0.4) is 0 Å². The first-order valence-corrected chi connectivity index (χ1v) is 9.85. The summed E-state index contributed by atoms with van der Waals surface area (Å²) >= 11 is 5.88. The fraction of sp³-hybridized carbons (Fsp3) is 0.381. The van der Waals surface area contributed by atoms with Crippen LogP contribution in [0.4, 0.5) is 0 Å². The first-order chi connectivity index (χ1) is 13.6. The summed E-state index contributed by atoms with van der Waals surface area (Å²) in [5.74, 6) is 1.93. The van der Waals surface area contributed by atoms with E-state index in [1.807, 2.05) is 36.4 Å². The molecule has 3 rings (SSSR count). The van der Waals surface area contributed by atoms with Crippen LogP contribution in [0, 0.1) is 0 Å². The number of ether oxygens (including phenoxy) is 2. The van der Waals surface area contributed by atoms with Gasteiger partial charge in [-0.1, -0.05) is 11.6 Å². The van der Waals surface area contributed by atoms with Gasteiger partial charge in [-0.25, -0.2) is 5.48 Å². The van der Waals surface area contributed by atoms with Crippen molar-refractivity contribution in [2.45, 2.75) is 31.7 Å². The Labute approximate surface area is 170 Å². The summed E-state index contributed by atoms with van der Waals surface area (Å²) in [7, 11) is 0. The monoisotopic (exact) mass is 404 g/mol. The third-order valence-corrected chi connectivity index (χ3v) is 5.04. The second kappa shape index (κ2) is 10.3. The fourth-order valence-corrected chi connectivity index (χ4v) is 3.44. The molecule has 150 valence electrons. The highest BCUT2D eigenvalue weighted by atomic mass is 35.5. The van der Waals surface area contributed by atoms with Gasteiger partial charge in [-0.3, -0.25) is 14.9 Å². The Bertz CT molecular complexity index is 752. The number of carbonyl (C=O) groups excluding carboxylic acids is 1. The third kappa shape index (κ3) is 6.12. The van der Waals surface area contributed by atoms with Gasteiger partial charge in [-0.2, -0.15) is 0 Å². The Morgan fingerprint density at radius 2 is 1.75 bits per heavy atom. The van der Waals surface area contributed by atoms with Crippen molar-refractivity contribution in [3.63, 3.8) is 0 Å². The molecule has 6 nitrogen and oxygen atoms in total. The Morgan fingerprint density at radius 3 is 2.43 bits per heavy atom. The first kappa shape index (κ1) is 20.5. The number of hydrogen-bond donors (Lipinski definition) is 2. The van der Waals surface area contributed by atoms with E-state index in [0.717, 1.165) is 49.6 Å². The quantitative estimate of drug-likeness (QED) is 0.482. The number of halogens is 1. The van der Waals surface area contributed by atoms with Crippen molar-refractivity contribution >= 4 is 17.5 Å². The minimum atomic E-state index is -0.340. The molecule has 1 atom stereocenters. The summed E-state index contributed by atoms with van der Waals surface area (Å²) in [6, 6.07) is 15.1. The first-order valence-electron chi connectivity index (χ1n) is 9.47. The number of carbonyl (C=O) groups is 1. The maximum absolute atomic E-state index is 11.1. The minimum Gasteiger partial charge on any atom is -0.492 e. The van der Waals surface area contributed by atoms with Crippen molar-refractivity contribution in [1.29, 1.82) is 0 Å². The van der Waals surface area contributed by atoms with Crippen LogP contribution in [-0.2, 0) is 4.79 Å². The lowest BCUT2D eigenvalue weighted by atomic mass is 10.2. The number of nitrogens with zero attached hydrogens (tertiary/aromatic N) is 1. The van der Waals surface area contributed by atoms with Gasteiger partial charge in [0.05, 0.1) is 0 Å². The van der Waals surface area contributed by atoms with Crippen molar-refractivity contribution < 1.29 is 19.5 Å². The molecule has 0 spiro atoms. The predicted molar refractivity (Wildman–Crippen MR) is 107 cm³/mol. The molecular formula is C21H25ClN2O4. The van der Waals surface area contributed by atoms with Gasteiger partial charge in [-0.05, 0) is 80.9 Å². The molecule has 0 unspecified atom stereocenters. The van der Waals surface area contributed by atoms with E-state index >= 15 is 0 Å². The lowest BCUT2D eigenvalue weighted by Crippen LogP contribution is -2.35. The van der Waals surface area contributed by atoms with Gasteiger partial charge in [-0.15, -0.1) is 0 Å².